The molecule has 0 unspecified atom stereocenters. The van der Waals surface area contributed by atoms with Crippen molar-refractivity contribution in [2.75, 3.05) is 12.8 Å². The second-order valence-electron chi connectivity index (χ2n) is 4.59. The van der Waals surface area contributed by atoms with Gasteiger partial charge in [0.1, 0.15) is 11.5 Å². The lowest BCUT2D eigenvalue weighted by Gasteiger charge is -2.15. The minimum Gasteiger partial charge on any atom is -0.496 e. The van der Waals surface area contributed by atoms with Gasteiger partial charge >= 0.3 is 0 Å². The van der Waals surface area contributed by atoms with Crippen LogP contribution in [0.25, 0.3) is 0 Å². The average Bonchev–Trinajstić information content (AvgIpc) is 2.43. The molecule has 0 saturated carbocycles. The highest BCUT2D eigenvalue weighted by atomic mass is 32.2. The van der Waals surface area contributed by atoms with E-state index in [2.05, 4.69) is 0 Å². The van der Waals surface area contributed by atoms with Crippen molar-refractivity contribution in [3.8, 4) is 11.5 Å². The van der Waals surface area contributed by atoms with Gasteiger partial charge < -0.3 is 15.2 Å². The quantitative estimate of drug-likeness (QED) is 0.837. The van der Waals surface area contributed by atoms with Gasteiger partial charge in [0.15, 0.2) is 0 Å². The monoisotopic (exact) mass is 289 g/mol. The van der Waals surface area contributed by atoms with Gasteiger partial charge in [0.2, 0.25) is 0 Å². The van der Waals surface area contributed by atoms with Crippen LogP contribution in [0.3, 0.4) is 0 Å². The van der Waals surface area contributed by atoms with Gasteiger partial charge in [0.05, 0.1) is 23.8 Å². The summed E-state index contributed by atoms with van der Waals surface area (Å²) in [4.78, 5) is 2.00. The Morgan fingerprint density at radius 2 is 1.60 bits per heavy atom. The van der Waals surface area contributed by atoms with Crippen LogP contribution in [0.15, 0.2) is 52.3 Å². The summed E-state index contributed by atoms with van der Waals surface area (Å²) in [6.07, 6.45) is 0.101. The van der Waals surface area contributed by atoms with Crippen LogP contribution in [-0.4, -0.2) is 13.2 Å². The van der Waals surface area contributed by atoms with E-state index < -0.39 is 0 Å². The lowest BCUT2D eigenvalue weighted by molar-refractivity contribution is 0.243. The van der Waals surface area contributed by atoms with Crippen LogP contribution in [0.1, 0.15) is 13.8 Å². The van der Waals surface area contributed by atoms with Crippen molar-refractivity contribution >= 4 is 17.4 Å². The van der Waals surface area contributed by atoms with Crippen LogP contribution in [0.5, 0.6) is 11.5 Å². The summed E-state index contributed by atoms with van der Waals surface area (Å²) in [5.41, 5.74) is 6.85. The van der Waals surface area contributed by atoms with Gasteiger partial charge in [-0.05, 0) is 38.1 Å². The Labute approximate surface area is 124 Å². The maximum Gasteiger partial charge on any atom is 0.143 e. The van der Waals surface area contributed by atoms with Gasteiger partial charge in [0.25, 0.3) is 0 Å². The molecule has 0 bridgehead atoms. The molecule has 0 fully saturated rings. The molecule has 20 heavy (non-hydrogen) atoms. The molecule has 0 atom stereocenters. The molecule has 0 heterocycles. The van der Waals surface area contributed by atoms with Crippen molar-refractivity contribution < 1.29 is 9.47 Å². The number of hydrogen-bond donors (Lipinski definition) is 1. The molecule has 0 spiro atoms. The number of anilines is 1. The molecule has 106 valence electrons. The van der Waals surface area contributed by atoms with E-state index in [4.69, 9.17) is 15.2 Å². The fourth-order valence-corrected chi connectivity index (χ4v) is 2.78. The number of nitrogens with two attached hydrogens (primary N) is 1. The zero-order valence-corrected chi connectivity index (χ0v) is 12.7. The molecule has 4 heteroatoms. The van der Waals surface area contributed by atoms with E-state index in [1.165, 1.54) is 0 Å². The SMILES string of the molecule is COc1ccccc1Sc1cccc(OC(C)C)c1N. The normalized spacial score (nSPS) is 10.6. The van der Waals surface area contributed by atoms with Gasteiger partial charge in [-0.1, -0.05) is 30.0 Å². The van der Waals surface area contributed by atoms with Gasteiger partial charge in [0, 0.05) is 4.90 Å². The Kier molecular flexibility index (Phi) is 4.79. The lowest BCUT2D eigenvalue weighted by atomic mass is 10.3. The summed E-state index contributed by atoms with van der Waals surface area (Å²) >= 11 is 1.58. The van der Waals surface area contributed by atoms with E-state index in [1.807, 2.05) is 56.3 Å². The summed E-state index contributed by atoms with van der Waals surface area (Å²) in [5.74, 6) is 1.56. The van der Waals surface area contributed by atoms with Crippen LogP contribution in [0, 0.1) is 0 Å². The third-order valence-electron chi connectivity index (χ3n) is 2.68. The van der Waals surface area contributed by atoms with Crippen molar-refractivity contribution in [1.29, 1.82) is 0 Å². The zero-order chi connectivity index (χ0) is 14.5. The Balaban J connectivity index is 2.29. The predicted octanol–water partition coefficient (Wildman–Crippen LogP) is 4.22. The van der Waals surface area contributed by atoms with Crippen molar-refractivity contribution in [3.05, 3.63) is 42.5 Å². The molecular formula is C16H19NO2S. The smallest absolute Gasteiger partial charge is 0.143 e. The highest BCUT2D eigenvalue weighted by Crippen LogP contribution is 2.40. The van der Waals surface area contributed by atoms with E-state index in [9.17, 15) is 0 Å². The number of para-hydroxylation sites is 2. The molecule has 0 saturated heterocycles. The third kappa shape index (κ3) is 3.39. The summed E-state index contributed by atoms with van der Waals surface area (Å²) in [5, 5.41) is 0. The van der Waals surface area contributed by atoms with Crippen molar-refractivity contribution in [3.63, 3.8) is 0 Å². The first-order valence-corrected chi connectivity index (χ1v) is 7.29. The number of benzene rings is 2. The topological polar surface area (TPSA) is 44.5 Å². The van der Waals surface area contributed by atoms with Gasteiger partial charge in [-0.3, -0.25) is 0 Å². The van der Waals surface area contributed by atoms with E-state index in [-0.39, 0.29) is 6.10 Å². The number of hydrogen-bond acceptors (Lipinski definition) is 4. The second kappa shape index (κ2) is 6.57. The van der Waals surface area contributed by atoms with Crippen molar-refractivity contribution in [2.45, 2.75) is 29.7 Å². The van der Waals surface area contributed by atoms with Crippen LogP contribution >= 0.6 is 11.8 Å². The first-order valence-electron chi connectivity index (χ1n) is 6.48. The fraction of sp³-hybridized carbons (Fsp3) is 0.250. The highest BCUT2D eigenvalue weighted by molar-refractivity contribution is 7.99. The van der Waals surface area contributed by atoms with Crippen LogP contribution in [0.4, 0.5) is 5.69 Å². The van der Waals surface area contributed by atoms with Gasteiger partial charge in [-0.25, -0.2) is 0 Å². The first-order chi connectivity index (χ1) is 9.61. The highest BCUT2D eigenvalue weighted by Gasteiger charge is 2.11. The zero-order valence-electron chi connectivity index (χ0n) is 11.9. The number of rotatable bonds is 5. The lowest BCUT2D eigenvalue weighted by Crippen LogP contribution is -2.07. The van der Waals surface area contributed by atoms with Crippen LogP contribution in [-0.2, 0) is 0 Å². The standard InChI is InChI=1S/C16H19NO2S/c1-11(2)19-13-8-6-10-15(16(13)17)20-14-9-5-4-7-12(14)18-3/h4-11H,17H2,1-3H3. The molecule has 0 aromatic heterocycles. The molecule has 2 aromatic carbocycles. The van der Waals surface area contributed by atoms with Gasteiger partial charge in [-0.2, -0.15) is 0 Å². The second-order valence-corrected chi connectivity index (χ2v) is 5.67. The Morgan fingerprint density at radius 3 is 2.30 bits per heavy atom. The van der Waals surface area contributed by atoms with E-state index in [1.54, 1.807) is 18.9 Å². The largest absolute Gasteiger partial charge is 0.496 e. The van der Waals surface area contributed by atoms with Crippen molar-refractivity contribution in [1.82, 2.24) is 0 Å². The molecule has 0 aliphatic heterocycles. The molecule has 0 radical (unpaired) electrons. The minimum atomic E-state index is 0.101. The molecule has 0 amide bonds. The molecular weight excluding hydrogens is 270 g/mol. The Morgan fingerprint density at radius 1 is 0.950 bits per heavy atom. The van der Waals surface area contributed by atoms with E-state index >= 15 is 0 Å². The molecule has 3 nitrogen and oxygen atoms in total. The number of methoxy groups -OCH3 is 1. The fourth-order valence-electron chi connectivity index (χ4n) is 1.79. The first kappa shape index (κ1) is 14.6. The average molecular weight is 289 g/mol. The number of ether oxygens (including phenoxy) is 2. The maximum absolute atomic E-state index is 6.18. The summed E-state index contributed by atoms with van der Waals surface area (Å²) in [7, 11) is 1.67. The molecule has 2 N–H and O–H groups in total. The molecule has 0 aliphatic rings. The van der Waals surface area contributed by atoms with E-state index in [0.717, 1.165) is 21.3 Å². The Hall–Kier alpha value is -1.81. The molecule has 2 aromatic rings. The third-order valence-corrected chi connectivity index (χ3v) is 3.81. The summed E-state index contributed by atoms with van der Waals surface area (Å²) in [6, 6.07) is 13.7. The summed E-state index contributed by atoms with van der Waals surface area (Å²) < 4.78 is 11.1. The number of nitrogen functional groups attached to an aromatic ring is 1. The van der Waals surface area contributed by atoms with Crippen molar-refractivity contribution in [2.24, 2.45) is 0 Å². The predicted molar refractivity (Wildman–Crippen MR) is 83.7 cm³/mol. The summed E-state index contributed by atoms with van der Waals surface area (Å²) in [6.45, 7) is 3.97. The van der Waals surface area contributed by atoms with E-state index in [0.29, 0.717) is 5.69 Å². The minimum absolute atomic E-state index is 0.101. The Bertz CT molecular complexity index is 584. The van der Waals surface area contributed by atoms with Crippen LogP contribution < -0.4 is 15.2 Å². The van der Waals surface area contributed by atoms with Gasteiger partial charge in [-0.15, -0.1) is 0 Å². The van der Waals surface area contributed by atoms with Crippen LogP contribution in [0.2, 0.25) is 0 Å². The molecule has 2 rings (SSSR count). The molecule has 0 aliphatic carbocycles. The maximum atomic E-state index is 6.18.